The second-order valence-corrected chi connectivity index (χ2v) is 5.28. The van der Waals surface area contributed by atoms with Gasteiger partial charge in [-0.15, -0.1) is 5.10 Å². The van der Waals surface area contributed by atoms with Crippen LogP contribution in [-0.4, -0.2) is 20.3 Å². The number of hydrogen-bond donors (Lipinski definition) is 1. The molecule has 0 amide bonds. The Bertz CT molecular complexity index is 1030. The number of nitrogen functional groups attached to an aromatic ring is 1. The average molecular weight is 290 g/mol. The highest BCUT2D eigenvalue weighted by Crippen LogP contribution is 2.24. The van der Waals surface area contributed by atoms with Crippen LogP contribution in [0.3, 0.4) is 0 Å². The number of carbonyl (C=O) groups excluding carboxylic acids is 1. The molecule has 0 saturated heterocycles. The van der Waals surface area contributed by atoms with Gasteiger partial charge in [0, 0.05) is 29.5 Å². The second kappa shape index (κ2) is 4.46. The highest BCUT2D eigenvalue weighted by atomic mass is 16.2. The Morgan fingerprint density at radius 3 is 2.64 bits per heavy atom. The Balaban J connectivity index is 1.96. The van der Waals surface area contributed by atoms with Gasteiger partial charge in [-0.25, -0.2) is 0 Å². The first-order valence-corrected chi connectivity index (χ1v) is 6.99. The molecule has 0 aliphatic rings. The lowest BCUT2D eigenvalue weighted by atomic mass is 10.1. The summed E-state index contributed by atoms with van der Waals surface area (Å²) in [4.78, 5) is 12.9. The molecule has 0 saturated carbocycles. The fourth-order valence-electron chi connectivity index (χ4n) is 2.85. The van der Waals surface area contributed by atoms with Gasteiger partial charge in [-0.1, -0.05) is 18.2 Å². The lowest BCUT2D eigenvalue weighted by molar-refractivity contribution is 0.0952. The maximum Gasteiger partial charge on any atom is 0.279 e. The van der Waals surface area contributed by atoms with Crippen molar-refractivity contribution < 1.29 is 4.79 Å². The predicted molar refractivity (Wildman–Crippen MR) is 86.8 cm³/mol. The van der Waals surface area contributed by atoms with Gasteiger partial charge in [0.05, 0.1) is 11.1 Å². The SMILES string of the molecule is Cn1ccc2c(C(=O)n3nc(N)c4ccccc43)cccc21. The molecule has 4 aromatic rings. The molecule has 4 rings (SSSR count). The van der Waals surface area contributed by atoms with Crippen LogP contribution in [0.15, 0.2) is 54.7 Å². The van der Waals surface area contributed by atoms with Crippen LogP contribution in [0.5, 0.6) is 0 Å². The van der Waals surface area contributed by atoms with Crippen molar-refractivity contribution in [2.24, 2.45) is 7.05 Å². The third-order valence-electron chi connectivity index (χ3n) is 3.97. The molecular weight excluding hydrogens is 276 g/mol. The van der Waals surface area contributed by atoms with Gasteiger partial charge < -0.3 is 10.3 Å². The first-order chi connectivity index (χ1) is 10.7. The molecule has 0 radical (unpaired) electrons. The molecule has 0 atom stereocenters. The van der Waals surface area contributed by atoms with E-state index in [0.29, 0.717) is 11.4 Å². The summed E-state index contributed by atoms with van der Waals surface area (Å²) in [5, 5.41) is 5.92. The van der Waals surface area contributed by atoms with Crippen molar-refractivity contribution in [2.75, 3.05) is 5.73 Å². The smallest absolute Gasteiger partial charge is 0.279 e. The minimum absolute atomic E-state index is 0.176. The van der Waals surface area contributed by atoms with Gasteiger partial charge >= 0.3 is 0 Å². The van der Waals surface area contributed by atoms with E-state index in [2.05, 4.69) is 5.10 Å². The number of hydrogen-bond acceptors (Lipinski definition) is 3. The number of nitrogens with two attached hydrogens (primary N) is 1. The first-order valence-electron chi connectivity index (χ1n) is 6.99. The molecule has 2 aromatic carbocycles. The number of carbonyl (C=O) groups is 1. The molecule has 5 nitrogen and oxygen atoms in total. The van der Waals surface area contributed by atoms with Crippen molar-refractivity contribution >= 4 is 33.5 Å². The van der Waals surface area contributed by atoms with Crippen LogP contribution in [0.1, 0.15) is 10.4 Å². The lowest BCUT2D eigenvalue weighted by Crippen LogP contribution is -2.14. The van der Waals surface area contributed by atoms with Crippen LogP contribution in [0.2, 0.25) is 0 Å². The van der Waals surface area contributed by atoms with E-state index in [4.69, 9.17) is 5.73 Å². The number of aromatic nitrogens is 3. The Kier molecular flexibility index (Phi) is 2.56. The zero-order valence-electron chi connectivity index (χ0n) is 12.0. The van der Waals surface area contributed by atoms with Gasteiger partial charge in [0.15, 0.2) is 5.82 Å². The van der Waals surface area contributed by atoms with E-state index in [1.807, 2.05) is 66.3 Å². The third-order valence-corrected chi connectivity index (χ3v) is 3.97. The third kappa shape index (κ3) is 1.65. The molecule has 0 unspecified atom stereocenters. The molecule has 2 heterocycles. The summed E-state index contributed by atoms with van der Waals surface area (Å²) in [6.07, 6.45) is 1.94. The first kappa shape index (κ1) is 12.6. The maximum absolute atomic E-state index is 12.9. The summed E-state index contributed by atoms with van der Waals surface area (Å²) in [7, 11) is 1.96. The van der Waals surface area contributed by atoms with Crippen LogP contribution >= 0.6 is 0 Å². The minimum Gasteiger partial charge on any atom is -0.382 e. The van der Waals surface area contributed by atoms with Gasteiger partial charge in [0.1, 0.15) is 0 Å². The summed E-state index contributed by atoms with van der Waals surface area (Å²) in [5.74, 6) is 0.189. The predicted octanol–water partition coefficient (Wildman–Crippen LogP) is 2.80. The Hall–Kier alpha value is -3.08. The lowest BCUT2D eigenvalue weighted by Gasteiger charge is -2.05. The quantitative estimate of drug-likeness (QED) is 0.586. The van der Waals surface area contributed by atoms with Gasteiger partial charge in [-0.05, 0) is 30.3 Å². The van der Waals surface area contributed by atoms with Crippen molar-refractivity contribution in [3.63, 3.8) is 0 Å². The highest BCUT2D eigenvalue weighted by molar-refractivity contribution is 6.10. The van der Waals surface area contributed by atoms with Crippen LogP contribution in [0.25, 0.3) is 21.8 Å². The monoisotopic (exact) mass is 290 g/mol. The van der Waals surface area contributed by atoms with E-state index in [1.54, 1.807) is 0 Å². The van der Waals surface area contributed by atoms with Crippen molar-refractivity contribution in [2.45, 2.75) is 0 Å². The van der Waals surface area contributed by atoms with Crippen molar-refractivity contribution in [1.29, 1.82) is 0 Å². The molecule has 5 heteroatoms. The fraction of sp³-hybridized carbons (Fsp3) is 0.0588. The summed E-state index contributed by atoms with van der Waals surface area (Å²) < 4.78 is 3.37. The molecule has 0 bridgehead atoms. The number of nitrogens with zero attached hydrogens (tertiary/aromatic N) is 3. The number of benzene rings is 2. The van der Waals surface area contributed by atoms with E-state index in [-0.39, 0.29) is 5.91 Å². The van der Waals surface area contributed by atoms with Crippen molar-refractivity contribution in [3.05, 3.63) is 60.3 Å². The number of anilines is 1. The number of para-hydroxylation sites is 1. The molecule has 0 aliphatic carbocycles. The van der Waals surface area contributed by atoms with Gasteiger partial charge in [0.2, 0.25) is 0 Å². The average Bonchev–Trinajstić information content (AvgIpc) is 3.08. The Morgan fingerprint density at radius 2 is 1.77 bits per heavy atom. The van der Waals surface area contributed by atoms with E-state index in [9.17, 15) is 4.79 Å². The molecular formula is C17H14N4O. The van der Waals surface area contributed by atoms with Crippen molar-refractivity contribution in [3.8, 4) is 0 Å². The van der Waals surface area contributed by atoms with E-state index in [1.165, 1.54) is 4.68 Å². The van der Waals surface area contributed by atoms with E-state index >= 15 is 0 Å². The van der Waals surface area contributed by atoms with Crippen LogP contribution in [0.4, 0.5) is 5.82 Å². The highest BCUT2D eigenvalue weighted by Gasteiger charge is 2.18. The van der Waals surface area contributed by atoms with Gasteiger partial charge in [-0.3, -0.25) is 4.79 Å². The zero-order chi connectivity index (χ0) is 15.3. The fourth-order valence-corrected chi connectivity index (χ4v) is 2.85. The number of fused-ring (bicyclic) bond motifs is 2. The van der Waals surface area contributed by atoms with Crippen LogP contribution in [-0.2, 0) is 7.05 Å². The Labute approximate surface area is 126 Å². The van der Waals surface area contributed by atoms with Crippen LogP contribution in [0, 0.1) is 0 Å². The molecule has 108 valence electrons. The largest absolute Gasteiger partial charge is 0.382 e. The summed E-state index contributed by atoms with van der Waals surface area (Å²) >= 11 is 0. The molecule has 0 aliphatic heterocycles. The molecule has 0 spiro atoms. The summed E-state index contributed by atoms with van der Waals surface area (Å²) in [5.41, 5.74) is 8.27. The van der Waals surface area contributed by atoms with Gasteiger partial charge in [-0.2, -0.15) is 4.68 Å². The number of aryl methyl sites for hydroxylation is 1. The summed E-state index contributed by atoms with van der Waals surface area (Å²) in [6, 6.07) is 15.1. The van der Waals surface area contributed by atoms with E-state index < -0.39 is 0 Å². The number of rotatable bonds is 1. The molecule has 2 aromatic heterocycles. The molecule has 2 N–H and O–H groups in total. The summed E-state index contributed by atoms with van der Waals surface area (Å²) in [6.45, 7) is 0. The topological polar surface area (TPSA) is 65.8 Å². The van der Waals surface area contributed by atoms with E-state index in [0.717, 1.165) is 21.8 Å². The molecule has 0 fully saturated rings. The zero-order valence-corrected chi connectivity index (χ0v) is 12.0. The second-order valence-electron chi connectivity index (χ2n) is 5.28. The van der Waals surface area contributed by atoms with Gasteiger partial charge in [0.25, 0.3) is 5.91 Å². The van der Waals surface area contributed by atoms with Crippen LogP contribution < -0.4 is 5.73 Å². The Morgan fingerprint density at radius 1 is 1.00 bits per heavy atom. The normalized spacial score (nSPS) is 11.3. The molecule has 22 heavy (non-hydrogen) atoms. The standard InChI is InChI=1S/C17H14N4O/c1-20-10-9-11-12(6-4-8-14(11)20)17(22)21-15-7-3-2-5-13(15)16(18)19-21/h2-10H,1H3,(H2,18,19). The minimum atomic E-state index is -0.176. The van der Waals surface area contributed by atoms with Crippen molar-refractivity contribution in [1.82, 2.24) is 14.3 Å². The maximum atomic E-state index is 12.9.